The molecule has 8 nitrogen and oxygen atoms in total. The predicted octanol–water partition coefficient (Wildman–Crippen LogP) is 3.87. The third kappa shape index (κ3) is 4.94. The lowest BCUT2D eigenvalue weighted by atomic mass is 10.0. The molecule has 2 aromatic carbocycles. The third-order valence-corrected chi connectivity index (χ3v) is 6.51. The van der Waals surface area contributed by atoms with Crippen molar-refractivity contribution < 1.29 is 19.1 Å². The van der Waals surface area contributed by atoms with Gasteiger partial charge in [-0.15, -0.1) is 11.8 Å². The average molecular weight is 487 g/mol. The zero-order chi connectivity index (χ0) is 23.5. The molecule has 3 aromatic rings. The molecule has 2 heterocycles. The van der Waals surface area contributed by atoms with Crippen molar-refractivity contribution in [1.82, 2.24) is 9.78 Å². The van der Waals surface area contributed by atoms with E-state index in [-0.39, 0.29) is 23.5 Å². The molecule has 0 spiro atoms. The molecule has 0 aliphatic carbocycles. The number of nitrogens with two attached hydrogens (primary N) is 1. The van der Waals surface area contributed by atoms with Gasteiger partial charge in [0, 0.05) is 10.6 Å². The number of aryl methyl sites for hydroxylation is 1. The molecule has 10 heteroatoms. The van der Waals surface area contributed by atoms with E-state index in [0.717, 1.165) is 22.5 Å². The van der Waals surface area contributed by atoms with Crippen LogP contribution in [0.3, 0.4) is 0 Å². The molecule has 4 rings (SSSR count). The van der Waals surface area contributed by atoms with Crippen molar-refractivity contribution in [1.29, 1.82) is 0 Å². The maximum absolute atomic E-state index is 12.6. The van der Waals surface area contributed by atoms with E-state index >= 15 is 0 Å². The lowest BCUT2D eigenvalue weighted by molar-refractivity contribution is -0.120. The largest absolute Gasteiger partial charge is 0.490 e. The van der Waals surface area contributed by atoms with Gasteiger partial charge >= 0.3 is 0 Å². The Balaban J connectivity index is 1.79. The Morgan fingerprint density at radius 2 is 2.09 bits per heavy atom. The normalized spacial score (nSPS) is 15.4. The number of amides is 2. The van der Waals surface area contributed by atoms with Gasteiger partial charge in [0.15, 0.2) is 18.1 Å². The molecule has 1 atom stereocenters. The molecule has 0 fully saturated rings. The van der Waals surface area contributed by atoms with Gasteiger partial charge in [-0.1, -0.05) is 23.7 Å². The van der Waals surface area contributed by atoms with Crippen LogP contribution >= 0.6 is 23.4 Å². The van der Waals surface area contributed by atoms with E-state index < -0.39 is 5.91 Å². The molecule has 2 amide bonds. The lowest BCUT2D eigenvalue weighted by Gasteiger charge is -2.18. The van der Waals surface area contributed by atoms with Crippen LogP contribution < -0.4 is 20.5 Å². The summed E-state index contributed by atoms with van der Waals surface area (Å²) in [5.74, 6) is 1.14. The smallest absolute Gasteiger partial charge is 0.255 e. The zero-order valence-electron chi connectivity index (χ0n) is 18.1. The third-order valence-electron chi connectivity index (χ3n) is 5.00. The van der Waals surface area contributed by atoms with Gasteiger partial charge in [0.2, 0.25) is 5.91 Å². The molecule has 1 aromatic heterocycles. The van der Waals surface area contributed by atoms with Crippen LogP contribution in [0.2, 0.25) is 5.02 Å². The first-order chi connectivity index (χ1) is 15.9. The Morgan fingerprint density at radius 3 is 2.82 bits per heavy atom. The maximum atomic E-state index is 12.6. The van der Waals surface area contributed by atoms with Gasteiger partial charge in [-0.25, -0.2) is 4.68 Å². The standard InChI is InChI=1S/C23H23ClN4O4S/c1-3-31-18-9-14(7-8-17(18)32-11-19(25)29)22-21-13(2)27-28(16-6-4-5-15(24)10-16)23(21)26-20(30)12-33-22/h4-10,22H,3,11-12H2,1-2H3,(H2,25,29)(H,26,30). The van der Waals surface area contributed by atoms with Crippen LogP contribution in [0.25, 0.3) is 5.69 Å². The molecular formula is C23H23ClN4O4S. The molecule has 0 radical (unpaired) electrons. The van der Waals surface area contributed by atoms with E-state index in [1.165, 1.54) is 11.8 Å². The summed E-state index contributed by atoms with van der Waals surface area (Å²) in [7, 11) is 0. The second-order valence-corrected chi connectivity index (χ2v) is 8.90. The van der Waals surface area contributed by atoms with Crippen LogP contribution in [0.4, 0.5) is 5.82 Å². The minimum Gasteiger partial charge on any atom is -0.490 e. The first-order valence-electron chi connectivity index (χ1n) is 10.3. The Kier molecular flexibility index (Phi) is 6.80. The topological polar surface area (TPSA) is 108 Å². The number of thioether (sulfide) groups is 1. The summed E-state index contributed by atoms with van der Waals surface area (Å²) < 4.78 is 13.0. The van der Waals surface area contributed by atoms with Crippen LogP contribution in [0.15, 0.2) is 42.5 Å². The van der Waals surface area contributed by atoms with Gasteiger partial charge in [0.25, 0.3) is 5.91 Å². The Labute approximate surface area is 200 Å². The fourth-order valence-electron chi connectivity index (χ4n) is 3.67. The van der Waals surface area contributed by atoms with E-state index in [1.807, 2.05) is 38.1 Å². The summed E-state index contributed by atoms with van der Waals surface area (Å²) >= 11 is 7.69. The van der Waals surface area contributed by atoms with Crippen LogP contribution in [-0.4, -0.2) is 40.6 Å². The fraction of sp³-hybridized carbons (Fsp3) is 0.261. The highest BCUT2D eigenvalue weighted by atomic mass is 35.5. The second-order valence-electron chi connectivity index (χ2n) is 7.37. The average Bonchev–Trinajstić information content (AvgIpc) is 2.98. The van der Waals surface area contributed by atoms with Crippen molar-refractivity contribution in [2.45, 2.75) is 19.1 Å². The number of fused-ring (bicyclic) bond motifs is 1. The molecular weight excluding hydrogens is 464 g/mol. The van der Waals surface area contributed by atoms with Crippen molar-refractivity contribution >= 4 is 41.0 Å². The Bertz CT molecular complexity index is 1210. The predicted molar refractivity (Wildman–Crippen MR) is 129 cm³/mol. The quantitative estimate of drug-likeness (QED) is 0.524. The molecule has 33 heavy (non-hydrogen) atoms. The maximum Gasteiger partial charge on any atom is 0.255 e. The van der Waals surface area contributed by atoms with Crippen LogP contribution in [0, 0.1) is 6.92 Å². The summed E-state index contributed by atoms with van der Waals surface area (Å²) in [4.78, 5) is 23.7. The summed E-state index contributed by atoms with van der Waals surface area (Å²) in [6.07, 6.45) is 0. The summed E-state index contributed by atoms with van der Waals surface area (Å²) in [5.41, 5.74) is 8.57. The second kappa shape index (κ2) is 9.76. The molecule has 3 N–H and O–H groups in total. The summed E-state index contributed by atoms with van der Waals surface area (Å²) in [6.45, 7) is 3.96. The van der Waals surface area contributed by atoms with E-state index in [2.05, 4.69) is 5.32 Å². The van der Waals surface area contributed by atoms with Crippen LogP contribution in [0.5, 0.6) is 11.5 Å². The first-order valence-corrected chi connectivity index (χ1v) is 11.7. The number of halogens is 1. The number of anilines is 1. The van der Waals surface area contributed by atoms with Gasteiger partial charge in [0.1, 0.15) is 5.82 Å². The van der Waals surface area contributed by atoms with E-state index in [1.54, 1.807) is 22.9 Å². The number of hydrogen-bond donors (Lipinski definition) is 2. The number of carbonyl (C=O) groups excluding carboxylic acids is 2. The number of carbonyl (C=O) groups is 2. The lowest BCUT2D eigenvalue weighted by Crippen LogP contribution is -2.20. The Morgan fingerprint density at radius 1 is 1.27 bits per heavy atom. The van der Waals surface area contributed by atoms with Crippen molar-refractivity contribution in [2.24, 2.45) is 5.73 Å². The number of ether oxygens (including phenoxy) is 2. The van der Waals surface area contributed by atoms with Gasteiger partial charge in [-0.3, -0.25) is 9.59 Å². The van der Waals surface area contributed by atoms with Gasteiger partial charge in [-0.2, -0.15) is 5.10 Å². The van der Waals surface area contributed by atoms with Gasteiger partial charge in [0.05, 0.1) is 29.0 Å². The minimum absolute atomic E-state index is 0.113. The number of nitrogens with one attached hydrogen (secondary N) is 1. The minimum atomic E-state index is -0.570. The van der Waals surface area contributed by atoms with Crippen molar-refractivity contribution in [3.8, 4) is 17.2 Å². The van der Waals surface area contributed by atoms with E-state index in [4.69, 9.17) is 31.9 Å². The summed E-state index contributed by atoms with van der Waals surface area (Å²) in [5, 5.41) is 8.10. The number of nitrogens with zero attached hydrogens (tertiary/aromatic N) is 2. The molecule has 1 unspecified atom stereocenters. The van der Waals surface area contributed by atoms with E-state index in [0.29, 0.717) is 28.9 Å². The number of aromatic nitrogens is 2. The molecule has 0 saturated heterocycles. The molecule has 1 aliphatic heterocycles. The number of primary amides is 1. The number of rotatable bonds is 7. The molecule has 1 aliphatic rings. The first kappa shape index (κ1) is 23.0. The van der Waals surface area contributed by atoms with Crippen molar-refractivity contribution in [3.05, 3.63) is 64.3 Å². The molecule has 0 saturated carbocycles. The Hall–Kier alpha value is -3.17. The van der Waals surface area contributed by atoms with Crippen molar-refractivity contribution in [2.75, 3.05) is 24.3 Å². The van der Waals surface area contributed by atoms with Crippen LogP contribution in [0.1, 0.15) is 29.0 Å². The highest BCUT2D eigenvalue weighted by Crippen LogP contribution is 2.45. The highest BCUT2D eigenvalue weighted by Gasteiger charge is 2.31. The van der Waals surface area contributed by atoms with Crippen molar-refractivity contribution in [3.63, 3.8) is 0 Å². The fourth-order valence-corrected chi connectivity index (χ4v) is 5.03. The zero-order valence-corrected chi connectivity index (χ0v) is 19.7. The number of benzene rings is 2. The van der Waals surface area contributed by atoms with Crippen LogP contribution in [-0.2, 0) is 9.59 Å². The molecule has 0 bridgehead atoms. The SMILES string of the molecule is CCOc1cc(C2SCC(=O)Nc3c2c(C)nn3-c2cccc(Cl)c2)ccc1OCC(N)=O. The summed E-state index contributed by atoms with van der Waals surface area (Å²) in [6, 6.07) is 12.8. The monoisotopic (exact) mass is 486 g/mol. The van der Waals surface area contributed by atoms with Gasteiger partial charge < -0.3 is 20.5 Å². The van der Waals surface area contributed by atoms with Gasteiger partial charge in [-0.05, 0) is 49.7 Å². The highest BCUT2D eigenvalue weighted by molar-refractivity contribution is 8.00. The number of hydrogen-bond acceptors (Lipinski definition) is 6. The molecule has 172 valence electrons. The van der Waals surface area contributed by atoms with E-state index in [9.17, 15) is 9.59 Å².